The number of aryl methyl sites for hydroxylation is 1. The summed E-state index contributed by atoms with van der Waals surface area (Å²) in [6.07, 6.45) is 6.78. The van der Waals surface area contributed by atoms with Crippen LogP contribution in [0.5, 0.6) is 0 Å². The second-order valence-electron chi connectivity index (χ2n) is 8.82. The highest BCUT2D eigenvalue weighted by molar-refractivity contribution is 5.95. The van der Waals surface area contributed by atoms with Gasteiger partial charge in [0.1, 0.15) is 5.82 Å². The summed E-state index contributed by atoms with van der Waals surface area (Å²) in [6.45, 7) is 6.61. The molecule has 168 valence electrons. The van der Waals surface area contributed by atoms with Gasteiger partial charge in [-0.25, -0.2) is 9.97 Å². The van der Waals surface area contributed by atoms with Crippen molar-refractivity contribution in [3.8, 4) is 0 Å². The Morgan fingerprint density at radius 3 is 2.61 bits per heavy atom. The molecule has 0 aromatic carbocycles. The molecule has 3 aliphatic rings. The van der Waals surface area contributed by atoms with Crippen molar-refractivity contribution in [3.63, 3.8) is 0 Å². The summed E-state index contributed by atoms with van der Waals surface area (Å²) in [5.41, 5.74) is 1.29. The summed E-state index contributed by atoms with van der Waals surface area (Å²) in [4.78, 5) is 52.0. The van der Waals surface area contributed by atoms with E-state index in [0.29, 0.717) is 36.7 Å². The number of hydrogen-bond acceptors (Lipinski definition) is 6. The summed E-state index contributed by atoms with van der Waals surface area (Å²) in [5, 5.41) is 2.78. The number of carbonyl (C=O) groups excluding carboxylic acids is 3. The van der Waals surface area contributed by atoms with Crippen molar-refractivity contribution in [2.75, 3.05) is 52.4 Å². The lowest BCUT2D eigenvalue weighted by Crippen LogP contribution is -2.52. The topological polar surface area (TPSA) is 98.7 Å². The van der Waals surface area contributed by atoms with Gasteiger partial charge in [0.2, 0.25) is 11.8 Å². The largest absolute Gasteiger partial charge is 0.354 e. The first kappa shape index (κ1) is 21.7. The third-order valence-electron chi connectivity index (χ3n) is 6.49. The molecule has 0 saturated carbocycles. The highest BCUT2D eigenvalue weighted by atomic mass is 16.2. The summed E-state index contributed by atoms with van der Waals surface area (Å²) in [5.74, 6) is 0.823. The van der Waals surface area contributed by atoms with Crippen molar-refractivity contribution in [3.05, 3.63) is 23.3 Å². The van der Waals surface area contributed by atoms with E-state index in [0.717, 1.165) is 45.3 Å². The first-order chi connectivity index (χ1) is 15.0. The molecule has 4 heterocycles. The molecule has 0 radical (unpaired) electrons. The summed E-state index contributed by atoms with van der Waals surface area (Å²) in [6, 6.07) is 0. The first-order valence-electron chi connectivity index (χ1n) is 11.4. The summed E-state index contributed by atoms with van der Waals surface area (Å²) in [7, 11) is 0. The van der Waals surface area contributed by atoms with Crippen LogP contribution < -0.4 is 5.32 Å². The molecule has 0 spiro atoms. The van der Waals surface area contributed by atoms with Crippen molar-refractivity contribution in [1.29, 1.82) is 0 Å². The Kier molecular flexibility index (Phi) is 6.80. The molecule has 3 amide bonds. The zero-order valence-electron chi connectivity index (χ0n) is 18.3. The van der Waals surface area contributed by atoms with Crippen LogP contribution in [-0.4, -0.2) is 94.7 Å². The van der Waals surface area contributed by atoms with Crippen molar-refractivity contribution >= 4 is 17.7 Å². The maximum absolute atomic E-state index is 12.8. The fraction of sp³-hybridized carbons (Fsp3) is 0.682. The lowest BCUT2D eigenvalue weighted by Gasteiger charge is -2.34. The van der Waals surface area contributed by atoms with E-state index in [1.54, 1.807) is 6.20 Å². The van der Waals surface area contributed by atoms with E-state index >= 15 is 0 Å². The quantitative estimate of drug-likeness (QED) is 0.752. The molecule has 9 heteroatoms. The molecule has 1 atom stereocenters. The van der Waals surface area contributed by atoms with Crippen LogP contribution in [0, 0.1) is 6.92 Å². The van der Waals surface area contributed by atoms with Crippen LogP contribution in [0.3, 0.4) is 0 Å². The van der Waals surface area contributed by atoms with Gasteiger partial charge in [0, 0.05) is 51.4 Å². The van der Waals surface area contributed by atoms with Gasteiger partial charge in [0.15, 0.2) is 0 Å². The maximum atomic E-state index is 12.8. The molecule has 1 N–H and O–H groups in total. The van der Waals surface area contributed by atoms with Crippen LogP contribution in [0.4, 0.5) is 0 Å². The van der Waals surface area contributed by atoms with E-state index in [-0.39, 0.29) is 36.7 Å². The summed E-state index contributed by atoms with van der Waals surface area (Å²) >= 11 is 0. The van der Waals surface area contributed by atoms with Gasteiger partial charge >= 0.3 is 0 Å². The van der Waals surface area contributed by atoms with Crippen LogP contribution in [0.2, 0.25) is 0 Å². The number of rotatable bonds is 4. The van der Waals surface area contributed by atoms with Gasteiger partial charge in [0.05, 0.1) is 24.3 Å². The van der Waals surface area contributed by atoms with Crippen molar-refractivity contribution in [1.82, 2.24) is 30.0 Å². The monoisotopic (exact) mass is 428 g/mol. The van der Waals surface area contributed by atoms with Crippen LogP contribution >= 0.6 is 0 Å². The van der Waals surface area contributed by atoms with Gasteiger partial charge in [-0.05, 0) is 39.0 Å². The number of carbonyl (C=O) groups is 3. The standard InChI is InChI=1S/C22H32N6O3/c1-16-18(22(31)27-8-3-2-4-9-27)12-24-21(25-16)17-6-5-10-28(13-17)20(30)15-26-11-7-23-19(29)14-26/h12,17H,2-11,13-15H2,1H3,(H,23,29)/t17-/m0/s1. The summed E-state index contributed by atoms with van der Waals surface area (Å²) < 4.78 is 0. The number of likely N-dealkylation sites (tertiary alicyclic amines) is 2. The molecule has 1 aromatic rings. The molecule has 4 rings (SSSR count). The maximum Gasteiger partial charge on any atom is 0.257 e. The Balaban J connectivity index is 1.38. The minimum absolute atomic E-state index is 0.0229. The van der Waals surface area contributed by atoms with Gasteiger partial charge in [-0.3, -0.25) is 19.3 Å². The van der Waals surface area contributed by atoms with Gasteiger partial charge in [-0.1, -0.05) is 0 Å². The number of hydrogen-bond donors (Lipinski definition) is 1. The van der Waals surface area contributed by atoms with Crippen LogP contribution in [0.25, 0.3) is 0 Å². The lowest BCUT2D eigenvalue weighted by molar-refractivity contribution is -0.135. The van der Waals surface area contributed by atoms with Crippen LogP contribution in [-0.2, 0) is 9.59 Å². The van der Waals surface area contributed by atoms with E-state index in [2.05, 4.69) is 15.3 Å². The smallest absolute Gasteiger partial charge is 0.257 e. The number of aromatic nitrogens is 2. The second kappa shape index (κ2) is 9.72. The van der Waals surface area contributed by atoms with Crippen LogP contribution in [0.1, 0.15) is 59.9 Å². The predicted molar refractivity (Wildman–Crippen MR) is 115 cm³/mol. The second-order valence-corrected chi connectivity index (χ2v) is 8.82. The molecule has 9 nitrogen and oxygen atoms in total. The molecular formula is C22H32N6O3. The van der Waals surface area contributed by atoms with Gasteiger partial charge in [-0.15, -0.1) is 0 Å². The van der Waals surface area contributed by atoms with Crippen molar-refractivity contribution in [2.24, 2.45) is 0 Å². The average Bonchev–Trinajstić information content (AvgIpc) is 2.79. The average molecular weight is 429 g/mol. The molecule has 3 saturated heterocycles. The highest BCUT2D eigenvalue weighted by Gasteiger charge is 2.29. The zero-order chi connectivity index (χ0) is 21.8. The lowest BCUT2D eigenvalue weighted by atomic mass is 9.96. The van der Waals surface area contributed by atoms with Gasteiger partial charge in [0.25, 0.3) is 5.91 Å². The van der Waals surface area contributed by atoms with E-state index < -0.39 is 0 Å². The van der Waals surface area contributed by atoms with E-state index in [4.69, 9.17) is 0 Å². The normalized spacial score (nSPS) is 22.9. The molecule has 3 aliphatic heterocycles. The molecule has 0 bridgehead atoms. The van der Waals surface area contributed by atoms with Crippen molar-refractivity contribution < 1.29 is 14.4 Å². The SMILES string of the molecule is Cc1nc([C@H]2CCCN(C(=O)CN3CCNC(=O)C3)C2)ncc1C(=O)N1CCCCC1. The molecule has 3 fully saturated rings. The van der Waals surface area contributed by atoms with Gasteiger partial charge in [-0.2, -0.15) is 0 Å². The third kappa shape index (κ3) is 5.20. The molecular weight excluding hydrogens is 396 g/mol. The Morgan fingerprint density at radius 1 is 1.10 bits per heavy atom. The van der Waals surface area contributed by atoms with Crippen molar-refractivity contribution in [2.45, 2.75) is 44.9 Å². The third-order valence-corrected chi connectivity index (χ3v) is 6.49. The Bertz CT molecular complexity index is 839. The highest BCUT2D eigenvalue weighted by Crippen LogP contribution is 2.25. The Morgan fingerprint density at radius 2 is 1.87 bits per heavy atom. The van der Waals surface area contributed by atoms with E-state index in [1.165, 1.54) is 6.42 Å². The first-order valence-corrected chi connectivity index (χ1v) is 11.4. The number of nitrogens with zero attached hydrogens (tertiary/aromatic N) is 5. The van der Waals surface area contributed by atoms with E-state index in [9.17, 15) is 14.4 Å². The molecule has 31 heavy (non-hydrogen) atoms. The van der Waals surface area contributed by atoms with Crippen LogP contribution in [0.15, 0.2) is 6.20 Å². The fourth-order valence-electron chi connectivity index (χ4n) is 4.69. The Hall–Kier alpha value is -2.55. The predicted octanol–water partition coefficient (Wildman–Crippen LogP) is 0.549. The molecule has 1 aromatic heterocycles. The fourth-order valence-corrected chi connectivity index (χ4v) is 4.69. The Labute approximate surface area is 183 Å². The number of piperidine rings is 2. The number of nitrogens with one attached hydrogen (secondary N) is 1. The molecule has 0 unspecified atom stereocenters. The molecule has 0 aliphatic carbocycles. The van der Waals surface area contributed by atoms with Gasteiger partial charge < -0.3 is 15.1 Å². The zero-order valence-corrected chi connectivity index (χ0v) is 18.3. The van der Waals surface area contributed by atoms with E-state index in [1.807, 2.05) is 21.6 Å². The minimum atomic E-state index is -0.0290. The number of piperazine rings is 1. The minimum Gasteiger partial charge on any atom is -0.354 e. The number of amides is 3.